The largest absolute Gasteiger partial charge is 0.633 e. The number of fused-ring (bicyclic) bond motifs is 2. The molecule has 0 saturated carbocycles. The molecule has 3 nitrogen and oxygen atoms in total. The second-order valence-corrected chi connectivity index (χ2v) is 4.24. The van der Waals surface area contributed by atoms with Gasteiger partial charge in [0.2, 0.25) is 0 Å². The maximum absolute atomic E-state index is 12.0. The second kappa shape index (κ2) is 2.54. The maximum atomic E-state index is 12.0. The first kappa shape index (κ1) is 8.20. The molecule has 0 amide bonds. The third-order valence-electron chi connectivity index (χ3n) is 3.45. The van der Waals surface area contributed by atoms with Crippen LogP contribution in [0.2, 0.25) is 0 Å². The highest BCUT2D eigenvalue weighted by Crippen LogP contribution is 2.36. The molecule has 68 valence electrons. The molecule has 2 bridgehead atoms. The number of hydroxylamine groups is 3. The summed E-state index contributed by atoms with van der Waals surface area (Å²) in [4.78, 5) is 11.2. The minimum atomic E-state index is -0.147. The van der Waals surface area contributed by atoms with Crippen LogP contribution in [0, 0.1) is 5.21 Å². The zero-order valence-corrected chi connectivity index (χ0v) is 7.45. The smallest absolute Gasteiger partial charge is 0.144 e. The summed E-state index contributed by atoms with van der Waals surface area (Å²) >= 11 is 0. The van der Waals surface area contributed by atoms with E-state index in [0.29, 0.717) is 18.6 Å². The zero-order chi connectivity index (χ0) is 8.77. The van der Waals surface area contributed by atoms with Gasteiger partial charge in [0, 0.05) is 12.8 Å². The number of nitrogens with zero attached hydrogens (tertiary/aromatic N) is 1. The first-order chi connectivity index (χ1) is 5.60. The van der Waals surface area contributed by atoms with Gasteiger partial charge in [-0.05, 0) is 6.42 Å². The van der Waals surface area contributed by atoms with E-state index in [-0.39, 0.29) is 16.7 Å². The molecule has 0 aromatic rings. The lowest BCUT2D eigenvalue weighted by molar-refractivity contribution is -0.918. The van der Waals surface area contributed by atoms with Crippen molar-refractivity contribution in [2.24, 2.45) is 0 Å². The number of Topliss-reactive ketones (excluding diaryl/α,β-unsaturated/α-hetero) is 1. The van der Waals surface area contributed by atoms with Crippen LogP contribution in [-0.4, -0.2) is 29.6 Å². The molecule has 2 atom stereocenters. The van der Waals surface area contributed by atoms with Crippen molar-refractivity contribution < 1.29 is 9.44 Å². The lowest BCUT2D eigenvalue weighted by Crippen LogP contribution is -2.61. The number of piperidine rings is 2. The maximum Gasteiger partial charge on any atom is 0.144 e. The highest BCUT2D eigenvalue weighted by Gasteiger charge is 2.43. The molecule has 0 spiro atoms. The monoisotopic (exact) mass is 169 g/mol. The Morgan fingerprint density at radius 1 is 1.33 bits per heavy atom. The van der Waals surface area contributed by atoms with E-state index in [1.165, 1.54) is 0 Å². The molecular formula is C9H15NO2. The van der Waals surface area contributed by atoms with E-state index in [0.717, 1.165) is 19.3 Å². The Balaban J connectivity index is 2.23. The van der Waals surface area contributed by atoms with Gasteiger partial charge < -0.3 is 9.85 Å². The van der Waals surface area contributed by atoms with Gasteiger partial charge in [-0.1, -0.05) is 0 Å². The van der Waals surface area contributed by atoms with Gasteiger partial charge in [-0.15, -0.1) is 0 Å². The molecular weight excluding hydrogens is 154 g/mol. The van der Waals surface area contributed by atoms with Crippen molar-refractivity contribution in [2.75, 3.05) is 7.05 Å². The standard InChI is InChI=1S/C9H15NO2/c1-10(12)7-3-2-4-8(10)6-9(11)5-7/h7-8H,2-6H2,1H3. The number of carbonyl (C=O) groups excluding carboxylic acids is 1. The van der Waals surface area contributed by atoms with Gasteiger partial charge >= 0.3 is 0 Å². The Morgan fingerprint density at radius 2 is 1.83 bits per heavy atom. The van der Waals surface area contributed by atoms with E-state index < -0.39 is 0 Å². The summed E-state index contributed by atoms with van der Waals surface area (Å²) in [5, 5.41) is 12.0. The number of rotatable bonds is 0. The predicted molar refractivity (Wildman–Crippen MR) is 45.2 cm³/mol. The van der Waals surface area contributed by atoms with Crippen LogP contribution < -0.4 is 0 Å². The summed E-state index contributed by atoms with van der Waals surface area (Å²) in [5.41, 5.74) is 0. The van der Waals surface area contributed by atoms with Gasteiger partial charge in [-0.3, -0.25) is 4.79 Å². The fraction of sp³-hybridized carbons (Fsp3) is 0.889. The van der Waals surface area contributed by atoms with Gasteiger partial charge in [0.25, 0.3) is 0 Å². The predicted octanol–water partition coefficient (Wildman–Crippen LogP) is 1.21. The van der Waals surface area contributed by atoms with Crippen molar-refractivity contribution in [1.82, 2.24) is 0 Å². The van der Waals surface area contributed by atoms with Crippen molar-refractivity contribution in [3.8, 4) is 0 Å². The molecule has 0 aliphatic carbocycles. The molecule has 12 heavy (non-hydrogen) atoms. The van der Waals surface area contributed by atoms with Crippen LogP contribution >= 0.6 is 0 Å². The number of quaternary nitrogens is 1. The minimum absolute atomic E-state index is 0.0741. The average Bonchev–Trinajstić information content (AvgIpc) is 1.92. The average molecular weight is 169 g/mol. The van der Waals surface area contributed by atoms with Gasteiger partial charge in [-0.2, -0.15) is 0 Å². The molecule has 0 radical (unpaired) electrons. The van der Waals surface area contributed by atoms with Crippen LogP contribution in [0.4, 0.5) is 0 Å². The fourth-order valence-electron chi connectivity index (χ4n) is 2.58. The highest BCUT2D eigenvalue weighted by molar-refractivity contribution is 5.80. The number of hydrogen-bond donors (Lipinski definition) is 0. The topological polar surface area (TPSA) is 40.1 Å². The number of ketones is 1. The molecule has 3 heteroatoms. The Labute approximate surface area is 72.5 Å². The van der Waals surface area contributed by atoms with Crippen molar-refractivity contribution in [3.63, 3.8) is 0 Å². The summed E-state index contributed by atoms with van der Waals surface area (Å²) in [6.07, 6.45) is 4.08. The van der Waals surface area contributed by atoms with Crippen LogP contribution in [0.15, 0.2) is 0 Å². The lowest BCUT2D eigenvalue weighted by Gasteiger charge is -2.56. The van der Waals surface area contributed by atoms with E-state index >= 15 is 0 Å². The van der Waals surface area contributed by atoms with Crippen LogP contribution in [-0.2, 0) is 4.79 Å². The summed E-state index contributed by atoms with van der Waals surface area (Å²) in [6.45, 7) is 0. The summed E-state index contributed by atoms with van der Waals surface area (Å²) < 4.78 is -0.147. The van der Waals surface area contributed by atoms with Crippen molar-refractivity contribution >= 4 is 5.78 Å². The van der Waals surface area contributed by atoms with Gasteiger partial charge in [0.05, 0.1) is 32.0 Å². The van der Waals surface area contributed by atoms with Crippen molar-refractivity contribution in [3.05, 3.63) is 5.21 Å². The van der Waals surface area contributed by atoms with E-state index in [1.807, 2.05) is 0 Å². The normalized spacial score (nSPS) is 47.7. The molecule has 2 fully saturated rings. The van der Waals surface area contributed by atoms with Crippen LogP contribution in [0.3, 0.4) is 0 Å². The first-order valence-electron chi connectivity index (χ1n) is 4.69. The molecule has 0 aromatic heterocycles. The van der Waals surface area contributed by atoms with Crippen molar-refractivity contribution in [1.29, 1.82) is 0 Å². The van der Waals surface area contributed by atoms with Gasteiger partial charge in [0.1, 0.15) is 5.78 Å². The van der Waals surface area contributed by atoms with E-state index in [1.54, 1.807) is 7.05 Å². The van der Waals surface area contributed by atoms with Crippen molar-refractivity contribution in [2.45, 2.75) is 44.2 Å². The van der Waals surface area contributed by atoms with E-state index in [9.17, 15) is 10.0 Å². The minimum Gasteiger partial charge on any atom is -0.633 e. The molecule has 0 aromatic carbocycles. The Hall–Kier alpha value is -0.410. The molecule has 2 rings (SSSR count). The Kier molecular flexibility index (Phi) is 1.73. The van der Waals surface area contributed by atoms with Gasteiger partial charge in [-0.25, -0.2) is 0 Å². The van der Waals surface area contributed by atoms with Crippen LogP contribution in [0.1, 0.15) is 32.1 Å². The number of carbonyl (C=O) groups is 1. The molecule has 2 aliphatic heterocycles. The SMILES string of the molecule is C[N+]1([O-])C2CCCC1CC(=O)C2. The molecule has 2 unspecified atom stereocenters. The summed E-state index contributed by atoms with van der Waals surface area (Å²) in [5.74, 6) is 0.302. The van der Waals surface area contributed by atoms with Gasteiger partial charge in [0.15, 0.2) is 0 Å². The summed E-state index contributed by atoms with van der Waals surface area (Å²) in [6, 6.07) is 0.148. The molecule has 2 saturated heterocycles. The third-order valence-corrected chi connectivity index (χ3v) is 3.45. The zero-order valence-electron chi connectivity index (χ0n) is 7.45. The highest BCUT2D eigenvalue weighted by atomic mass is 16.5. The Morgan fingerprint density at radius 3 is 2.33 bits per heavy atom. The Bertz CT molecular complexity index is 195. The molecule has 2 aliphatic rings. The summed E-state index contributed by atoms with van der Waals surface area (Å²) in [7, 11) is 1.74. The quantitative estimate of drug-likeness (QED) is 0.404. The fourth-order valence-corrected chi connectivity index (χ4v) is 2.58. The van der Waals surface area contributed by atoms with E-state index in [2.05, 4.69) is 0 Å². The van der Waals surface area contributed by atoms with Crippen LogP contribution in [0.25, 0.3) is 0 Å². The molecule has 2 heterocycles. The first-order valence-corrected chi connectivity index (χ1v) is 4.69. The second-order valence-electron chi connectivity index (χ2n) is 4.24. The third kappa shape index (κ3) is 1.08. The lowest BCUT2D eigenvalue weighted by atomic mass is 9.84. The van der Waals surface area contributed by atoms with Crippen LogP contribution in [0.5, 0.6) is 0 Å². The number of hydrogen-bond acceptors (Lipinski definition) is 2. The molecule has 0 N–H and O–H groups in total. The van der Waals surface area contributed by atoms with E-state index in [4.69, 9.17) is 0 Å².